The first kappa shape index (κ1) is 11.0. The van der Waals surface area contributed by atoms with E-state index in [1.807, 2.05) is 13.8 Å². The average molecular weight is 185 g/mol. The van der Waals surface area contributed by atoms with Crippen LogP contribution in [0.25, 0.3) is 0 Å². The second-order valence-electron chi connectivity index (χ2n) is 4.31. The fourth-order valence-corrected chi connectivity index (χ4v) is 2.04. The van der Waals surface area contributed by atoms with Gasteiger partial charge in [0.25, 0.3) is 0 Å². The summed E-state index contributed by atoms with van der Waals surface area (Å²) in [7, 11) is 0. The van der Waals surface area contributed by atoms with Gasteiger partial charge in [-0.3, -0.25) is 0 Å². The van der Waals surface area contributed by atoms with Crippen molar-refractivity contribution in [3.63, 3.8) is 0 Å². The molecule has 0 aromatic carbocycles. The molecule has 0 amide bonds. The molecule has 2 aliphatic heterocycles. The number of nitrogens with zero attached hydrogens (tertiary/aromatic N) is 1. The zero-order valence-electron chi connectivity index (χ0n) is 9.47. The van der Waals surface area contributed by atoms with E-state index in [4.69, 9.17) is 4.74 Å². The summed E-state index contributed by atoms with van der Waals surface area (Å²) in [5, 5.41) is 0. The minimum Gasteiger partial charge on any atom is -0.380 e. The van der Waals surface area contributed by atoms with Crippen LogP contribution >= 0.6 is 0 Å². The van der Waals surface area contributed by atoms with E-state index in [0.29, 0.717) is 5.41 Å². The molecule has 2 rings (SSSR count). The maximum absolute atomic E-state index is 5.26. The van der Waals surface area contributed by atoms with Crippen LogP contribution in [0.5, 0.6) is 0 Å². The molecule has 2 aliphatic rings. The van der Waals surface area contributed by atoms with Crippen LogP contribution in [-0.2, 0) is 4.74 Å². The van der Waals surface area contributed by atoms with Crippen LogP contribution < -0.4 is 0 Å². The van der Waals surface area contributed by atoms with E-state index >= 15 is 0 Å². The smallest absolute Gasteiger partial charge is 0.0557 e. The molecule has 0 aliphatic carbocycles. The van der Waals surface area contributed by atoms with E-state index in [-0.39, 0.29) is 0 Å². The van der Waals surface area contributed by atoms with Gasteiger partial charge in [0.1, 0.15) is 0 Å². The van der Waals surface area contributed by atoms with Gasteiger partial charge in [0.2, 0.25) is 0 Å². The monoisotopic (exact) mass is 185 g/mol. The zero-order valence-corrected chi connectivity index (χ0v) is 9.47. The van der Waals surface area contributed by atoms with Crippen molar-refractivity contribution in [2.75, 3.05) is 26.3 Å². The molecule has 0 aromatic heterocycles. The Bertz CT molecular complexity index is 152. The molecule has 13 heavy (non-hydrogen) atoms. The molecule has 2 heteroatoms. The third-order valence-electron chi connectivity index (χ3n) is 3.01. The molecular formula is C11H23NO. The summed E-state index contributed by atoms with van der Waals surface area (Å²) in [4.78, 5) is 2.56. The predicted molar refractivity (Wildman–Crippen MR) is 55.9 cm³/mol. The molecule has 2 heterocycles. The SMILES string of the molecule is CC.CC(C)N1CCC2(COC2)C1. The van der Waals surface area contributed by atoms with Gasteiger partial charge < -0.3 is 9.64 Å². The van der Waals surface area contributed by atoms with E-state index in [1.165, 1.54) is 19.5 Å². The van der Waals surface area contributed by atoms with E-state index in [9.17, 15) is 0 Å². The lowest BCUT2D eigenvalue weighted by Crippen LogP contribution is -2.45. The second-order valence-corrected chi connectivity index (χ2v) is 4.31. The van der Waals surface area contributed by atoms with E-state index in [2.05, 4.69) is 18.7 Å². The van der Waals surface area contributed by atoms with Gasteiger partial charge in [-0.25, -0.2) is 0 Å². The Morgan fingerprint density at radius 2 is 1.85 bits per heavy atom. The minimum absolute atomic E-state index is 0.574. The third-order valence-corrected chi connectivity index (χ3v) is 3.01. The highest BCUT2D eigenvalue weighted by atomic mass is 16.5. The zero-order chi connectivity index (χ0) is 9.90. The number of ether oxygens (including phenoxy) is 1. The van der Waals surface area contributed by atoms with Crippen molar-refractivity contribution in [1.82, 2.24) is 4.90 Å². The average Bonchev–Trinajstić information content (AvgIpc) is 2.51. The van der Waals surface area contributed by atoms with Crippen molar-refractivity contribution in [2.24, 2.45) is 5.41 Å². The summed E-state index contributed by atoms with van der Waals surface area (Å²) in [5.74, 6) is 0. The molecule has 0 unspecified atom stereocenters. The maximum Gasteiger partial charge on any atom is 0.0557 e. The van der Waals surface area contributed by atoms with Crippen LogP contribution in [0, 0.1) is 5.41 Å². The summed E-state index contributed by atoms with van der Waals surface area (Å²) < 4.78 is 5.26. The van der Waals surface area contributed by atoms with Crippen LogP contribution in [0.1, 0.15) is 34.1 Å². The Hall–Kier alpha value is -0.0800. The fraction of sp³-hybridized carbons (Fsp3) is 1.00. The molecule has 0 radical (unpaired) electrons. The standard InChI is InChI=1S/C9H17NO.C2H6/c1-8(2)10-4-3-9(5-10)6-11-7-9;1-2/h8H,3-7H2,1-2H3;1-2H3. The normalized spacial score (nSPS) is 25.6. The summed E-state index contributed by atoms with van der Waals surface area (Å²) in [6.45, 7) is 13.1. The van der Waals surface area contributed by atoms with Crippen LogP contribution in [0.4, 0.5) is 0 Å². The lowest BCUT2D eigenvalue weighted by molar-refractivity contribution is -0.105. The maximum atomic E-state index is 5.26. The molecule has 0 bridgehead atoms. The van der Waals surface area contributed by atoms with Crippen molar-refractivity contribution < 1.29 is 4.74 Å². The second kappa shape index (κ2) is 4.43. The van der Waals surface area contributed by atoms with E-state index in [1.54, 1.807) is 0 Å². The van der Waals surface area contributed by atoms with Gasteiger partial charge in [0, 0.05) is 18.0 Å². The molecule has 0 saturated carbocycles. The van der Waals surface area contributed by atoms with Gasteiger partial charge in [0.15, 0.2) is 0 Å². The Labute approximate surface area is 82.3 Å². The lowest BCUT2D eigenvalue weighted by atomic mass is 9.85. The Morgan fingerprint density at radius 3 is 2.08 bits per heavy atom. The molecule has 2 fully saturated rings. The van der Waals surface area contributed by atoms with Crippen molar-refractivity contribution >= 4 is 0 Å². The lowest BCUT2D eigenvalue weighted by Gasteiger charge is -2.38. The van der Waals surface area contributed by atoms with Gasteiger partial charge >= 0.3 is 0 Å². The van der Waals surface area contributed by atoms with Gasteiger partial charge in [-0.05, 0) is 26.8 Å². The first-order valence-corrected chi connectivity index (χ1v) is 5.54. The van der Waals surface area contributed by atoms with Crippen molar-refractivity contribution in [3.8, 4) is 0 Å². The highest BCUT2D eigenvalue weighted by Gasteiger charge is 2.44. The molecule has 1 spiro atoms. The van der Waals surface area contributed by atoms with Gasteiger partial charge in [-0.15, -0.1) is 0 Å². The molecule has 0 aromatic rings. The fourth-order valence-electron chi connectivity index (χ4n) is 2.04. The molecule has 2 nitrogen and oxygen atoms in total. The van der Waals surface area contributed by atoms with Crippen molar-refractivity contribution in [1.29, 1.82) is 0 Å². The topological polar surface area (TPSA) is 12.5 Å². The molecule has 0 atom stereocenters. The van der Waals surface area contributed by atoms with Crippen LogP contribution in [-0.4, -0.2) is 37.2 Å². The third kappa shape index (κ3) is 2.23. The van der Waals surface area contributed by atoms with Crippen LogP contribution in [0.2, 0.25) is 0 Å². The summed E-state index contributed by atoms with van der Waals surface area (Å²) >= 11 is 0. The Balaban J connectivity index is 0.000000396. The van der Waals surface area contributed by atoms with Crippen molar-refractivity contribution in [2.45, 2.75) is 40.2 Å². The summed E-state index contributed by atoms with van der Waals surface area (Å²) in [5.41, 5.74) is 0.574. The van der Waals surface area contributed by atoms with E-state index < -0.39 is 0 Å². The molecule has 0 N–H and O–H groups in total. The Kier molecular flexibility index (Phi) is 3.74. The quantitative estimate of drug-likeness (QED) is 0.620. The number of likely N-dealkylation sites (tertiary alicyclic amines) is 1. The van der Waals surface area contributed by atoms with Crippen LogP contribution in [0.3, 0.4) is 0 Å². The summed E-state index contributed by atoms with van der Waals surface area (Å²) in [6, 6.07) is 0.718. The highest BCUT2D eigenvalue weighted by Crippen LogP contribution is 2.37. The number of rotatable bonds is 1. The molecule has 78 valence electrons. The minimum atomic E-state index is 0.574. The first-order valence-electron chi connectivity index (χ1n) is 5.54. The van der Waals surface area contributed by atoms with Gasteiger partial charge in [-0.2, -0.15) is 0 Å². The molecule has 2 saturated heterocycles. The first-order chi connectivity index (χ1) is 6.22. The molecular weight excluding hydrogens is 162 g/mol. The summed E-state index contributed by atoms with van der Waals surface area (Å²) in [6.07, 6.45) is 1.35. The van der Waals surface area contributed by atoms with Crippen molar-refractivity contribution in [3.05, 3.63) is 0 Å². The highest BCUT2D eigenvalue weighted by molar-refractivity contribution is 4.95. The Morgan fingerprint density at radius 1 is 1.23 bits per heavy atom. The predicted octanol–water partition coefficient (Wildman–Crippen LogP) is 2.14. The number of hydrogen-bond acceptors (Lipinski definition) is 2. The number of hydrogen-bond donors (Lipinski definition) is 0. The largest absolute Gasteiger partial charge is 0.380 e. The van der Waals surface area contributed by atoms with Gasteiger partial charge in [0.05, 0.1) is 13.2 Å². The van der Waals surface area contributed by atoms with E-state index in [0.717, 1.165) is 19.3 Å². The van der Waals surface area contributed by atoms with Crippen LogP contribution in [0.15, 0.2) is 0 Å². The van der Waals surface area contributed by atoms with Gasteiger partial charge in [-0.1, -0.05) is 13.8 Å².